The van der Waals surface area contributed by atoms with Crippen molar-refractivity contribution >= 4 is 19.5 Å². The van der Waals surface area contributed by atoms with Crippen molar-refractivity contribution in [1.82, 2.24) is 0 Å². The third kappa shape index (κ3) is 2.49. The number of rotatable bonds is 2. The van der Waals surface area contributed by atoms with Crippen molar-refractivity contribution in [1.29, 1.82) is 0 Å². The summed E-state index contributed by atoms with van der Waals surface area (Å²) in [6.07, 6.45) is 1.77. The van der Waals surface area contributed by atoms with Crippen LogP contribution in [0, 0.1) is 11.5 Å². The molecule has 1 aliphatic rings. The number of benzene rings is 1. The van der Waals surface area contributed by atoms with Gasteiger partial charge in [-0.2, -0.15) is 0 Å². The Hall–Kier alpha value is -1.06. The molecule has 1 aliphatic heterocycles. The van der Waals surface area contributed by atoms with Crippen LogP contribution < -0.4 is 10.2 Å². The van der Waals surface area contributed by atoms with Crippen LogP contribution in [0.4, 0.5) is 0 Å². The van der Waals surface area contributed by atoms with Crippen molar-refractivity contribution in [3.05, 3.63) is 35.9 Å². The van der Waals surface area contributed by atoms with Crippen molar-refractivity contribution in [2.24, 2.45) is 5.41 Å². The minimum Gasteiger partial charge on any atom is -0.401 e. The Morgan fingerprint density at radius 3 is 1.95 bits per heavy atom. The molecule has 0 saturated carbocycles. The van der Waals surface area contributed by atoms with E-state index in [2.05, 4.69) is 69.7 Å². The molecule has 1 aromatic carbocycles. The molecule has 0 amide bonds. The third-order valence-electron chi connectivity index (χ3n) is 3.75. The molecule has 1 heterocycles. The standard InChI is InChI=1S/C16H25NOSi/c1-15(2,3)14-16(18,11-17-14)12-7-9-13(10-8-12)19(4,5)6/h7-11,17-18H,1-6H3. The topological polar surface area (TPSA) is 34.2 Å². The molecule has 0 aliphatic carbocycles. The van der Waals surface area contributed by atoms with Gasteiger partial charge in [-0.1, -0.05) is 69.9 Å². The molecule has 0 spiro atoms. The Morgan fingerprint density at radius 1 is 1.11 bits per heavy atom. The predicted molar refractivity (Wildman–Crippen MR) is 83.0 cm³/mol. The Bertz CT molecular complexity index is 493. The molecule has 2 rings (SSSR count). The zero-order valence-electron chi connectivity index (χ0n) is 12.8. The van der Waals surface area contributed by atoms with Crippen LogP contribution in [0.15, 0.2) is 24.3 Å². The molecule has 2 N–H and O–H groups in total. The van der Waals surface area contributed by atoms with Crippen molar-refractivity contribution in [2.45, 2.75) is 46.0 Å². The largest absolute Gasteiger partial charge is 0.401 e. The van der Waals surface area contributed by atoms with Crippen LogP contribution in [-0.2, 0) is 5.60 Å². The predicted octanol–water partition coefficient (Wildman–Crippen LogP) is 1.16. The quantitative estimate of drug-likeness (QED) is 0.616. The molecular weight excluding hydrogens is 250 g/mol. The van der Waals surface area contributed by atoms with Crippen molar-refractivity contribution in [3.63, 3.8) is 0 Å². The SMILES string of the molecule is CC(C)(C)[C-]1[NH+]=CC1(O)c1ccc([Si](C)(C)C)cc1. The minimum absolute atomic E-state index is 0.0546. The first-order valence-corrected chi connectivity index (χ1v) is 10.4. The molecule has 0 bridgehead atoms. The molecule has 1 aromatic rings. The van der Waals surface area contributed by atoms with Crippen molar-refractivity contribution < 1.29 is 10.1 Å². The van der Waals surface area contributed by atoms with Gasteiger partial charge in [-0.05, 0) is 11.0 Å². The molecule has 19 heavy (non-hydrogen) atoms. The van der Waals surface area contributed by atoms with Gasteiger partial charge in [-0.15, -0.1) is 0 Å². The van der Waals surface area contributed by atoms with E-state index < -0.39 is 13.7 Å². The number of hydrogen-bond donors (Lipinski definition) is 2. The van der Waals surface area contributed by atoms with Crippen LogP contribution in [-0.4, -0.2) is 19.4 Å². The first kappa shape index (κ1) is 14.3. The lowest BCUT2D eigenvalue weighted by Gasteiger charge is -2.48. The van der Waals surface area contributed by atoms with Crippen molar-refractivity contribution in [3.8, 4) is 0 Å². The highest BCUT2D eigenvalue weighted by atomic mass is 28.3. The maximum absolute atomic E-state index is 10.8. The molecule has 104 valence electrons. The summed E-state index contributed by atoms with van der Waals surface area (Å²) in [5.41, 5.74) is -0.0184. The summed E-state index contributed by atoms with van der Waals surface area (Å²) < 4.78 is 0. The Labute approximate surface area is 117 Å². The molecule has 0 fully saturated rings. The second-order valence-corrected chi connectivity index (χ2v) is 12.6. The molecule has 3 heteroatoms. The van der Waals surface area contributed by atoms with Gasteiger partial charge >= 0.3 is 0 Å². The van der Waals surface area contributed by atoms with Gasteiger partial charge in [0, 0.05) is 12.3 Å². The second kappa shape index (κ2) is 4.22. The Balaban J connectivity index is 2.32. The zero-order chi connectivity index (χ0) is 14.5. The molecular formula is C16H25NOSi. The van der Waals surface area contributed by atoms with Gasteiger partial charge in [-0.25, -0.2) is 0 Å². The second-order valence-electron chi connectivity index (χ2n) is 7.51. The minimum atomic E-state index is -1.28. The molecule has 0 aromatic heterocycles. The van der Waals surface area contributed by atoms with E-state index in [9.17, 15) is 5.11 Å². The van der Waals surface area contributed by atoms with Crippen LogP contribution in [0.5, 0.6) is 0 Å². The molecule has 2 nitrogen and oxygen atoms in total. The molecule has 0 radical (unpaired) electrons. The van der Waals surface area contributed by atoms with Gasteiger partial charge in [0.2, 0.25) is 0 Å². The lowest BCUT2D eigenvalue weighted by Crippen LogP contribution is -2.91. The first-order chi connectivity index (χ1) is 8.55. The van der Waals surface area contributed by atoms with Gasteiger partial charge in [0.1, 0.15) is 5.60 Å². The van der Waals surface area contributed by atoms with Crippen LogP contribution in [0.1, 0.15) is 26.3 Å². The highest BCUT2D eigenvalue weighted by Gasteiger charge is 2.46. The lowest BCUT2D eigenvalue weighted by molar-refractivity contribution is -0.517. The monoisotopic (exact) mass is 275 g/mol. The van der Waals surface area contributed by atoms with Gasteiger partial charge in [0.05, 0.1) is 8.07 Å². The number of hydrogen-bond acceptors (Lipinski definition) is 1. The van der Waals surface area contributed by atoms with E-state index in [0.717, 1.165) is 11.6 Å². The van der Waals surface area contributed by atoms with Crippen molar-refractivity contribution in [2.75, 3.05) is 0 Å². The summed E-state index contributed by atoms with van der Waals surface area (Å²) in [4.78, 5) is 3.17. The van der Waals surface area contributed by atoms with E-state index in [0.29, 0.717) is 0 Å². The first-order valence-electron chi connectivity index (χ1n) is 6.87. The summed E-state index contributed by atoms with van der Waals surface area (Å²) in [5.74, 6) is 0. The number of nitrogens with one attached hydrogen (secondary N) is 1. The molecule has 1 atom stereocenters. The zero-order valence-corrected chi connectivity index (χ0v) is 13.8. The number of aliphatic hydroxyl groups is 1. The average molecular weight is 275 g/mol. The highest BCUT2D eigenvalue weighted by Crippen LogP contribution is 2.39. The van der Waals surface area contributed by atoms with Gasteiger partial charge < -0.3 is 10.1 Å². The lowest BCUT2D eigenvalue weighted by atomic mass is 9.70. The summed E-state index contributed by atoms with van der Waals surface area (Å²) in [6, 6.07) is 9.45. The summed E-state index contributed by atoms with van der Waals surface area (Å²) >= 11 is 0. The average Bonchev–Trinajstić information content (AvgIpc) is 2.23. The van der Waals surface area contributed by atoms with E-state index in [4.69, 9.17) is 0 Å². The van der Waals surface area contributed by atoms with Gasteiger partial charge in [0.25, 0.3) is 0 Å². The van der Waals surface area contributed by atoms with E-state index in [1.165, 1.54) is 5.19 Å². The summed E-state index contributed by atoms with van der Waals surface area (Å²) in [5, 5.41) is 12.2. The van der Waals surface area contributed by atoms with E-state index in [-0.39, 0.29) is 5.41 Å². The fraction of sp³-hybridized carbons (Fsp3) is 0.500. The molecule has 0 saturated heterocycles. The van der Waals surface area contributed by atoms with Crippen LogP contribution in [0.3, 0.4) is 0 Å². The molecule has 1 unspecified atom stereocenters. The van der Waals surface area contributed by atoms with E-state index >= 15 is 0 Å². The Morgan fingerprint density at radius 2 is 1.63 bits per heavy atom. The van der Waals surface area contributed by atoms with Crippen LogP contribution in [0.2, 0.25) is 19.6 Å². The van der Waals surface area contributed by atoms with Gasteiger partial charge in [0.15, 0.2) is 0 Å². The van der Waals surface area contributed by atoms with Crippen LogP contribution in [0.25, 0.3) is 0 Å². The summed E-state index contributed by atoms with van der Waals surface area (Å²) in [6.45, 7) is 13.3. The van der Waals surface area contributed by atoms with Crippen LogP contribution >= 0.6 is 0 Å². The van der Waals surface area contributed by atoms with E-state index in [1.807, 2.05) is 0 Å². The van der Waals surface area contributed by atoms with Gasteiger partial charge in [-0.3, -0.25) is 0 Å². The Kier molecular flexibility index (Phi) is 3.18. The fourth-order valence-electron chi connectivity index (χ4n) is 2.52. The maximum Gasteiger partial charge on any atom is 0.114 e. The smallest absolute Gasteiger partial charge is 0.114 e. The highest BCUT2D eigenvalue weighted by molar-refractivity contribution is 6.88. The van der Waals surface area contributed by atoms with E-state index in [1.54, 1.807) is 6.21 Å². The maximum atomic E-state index is 10.8. The summed E-state index contributed by atoms with van der Waals surface area (Å²) in [7, 11) is -1.28. The third-order valence-corrected chi connectivity index (χ3v) is 5.81. The normalized spacial score (nSPS) is 23.4. The fourth-order valence-corrected chi connectivity index (χ4v) is 3.69.